The van der Waals surface area contributed by atoms with E-state index < -0.39 is 0 Å². The third-order valence-corrected chi connectivity index (χ3v) is 4.59. The summed E-state index contributed by atoms with van der Waals surface area (Å²) >= 11 is 0. The van der Waals surface area contributed by atoms with Crippen LogP contribution in [0.25, 0.3) is 0 Å². The molecule has 0 atom stereocenters. The number of hydrogen-bond acceptors (Lipinski definition) is 4. The topological polar surface area (TPSA) is 65.5 Å². The minimum absolute atomic E-state index is 0.00256. The third-order valence-electron chi connectivity index (χ3n) is 4.59. The molecule has 1 saturated heterocycles. The summed E-state index contributed by atoms with van der Waals surface area (Å²) in [6.07, 6.45) is 4.36. The van der Waals surface area contributed by atoms with Gasteiger partial charge < -0.3 is 15.3 Å². The van der Waals surface area contributed by atoms with Crippen LogP contribution in [0.5, 0.6) is 0 Å². The number of piperidine rings is 1. The fourth-order valence-corrected chi connectivity index (χ4v) is 2.98. The minimum Gasteiger partial charge on any atom is -0.393 e. The molecule has 2 aromatic rings. The number of hydrogen-bond donors (Lipinski definition) is 2. The Bertz CT molecular complexity index is 684. The summed E-state index contributed by atoms with van der Waals surface area (Å²) in [7, 11) is 0. The predicted molar refractivity (Wildman–Crippen MR) is 120 cm³/mol. The highest BCUT2D eigenvalue weighted by atomic mass is 16.3. The lowest BCUT2D eigenvalue weighted by Crippen LogP contribution is -2.37. The Labute approximate surface area is 176 Å². The van der Waals surface area contributed by atoms with Crippen molar-refractivity contribution in [2.45, 2.75) is 53.1 Å². The SMILES string of the molecule is CC.Cc1cccc(C(=O)NCCCN2CCC(O)CC2)c1.Cc1ccccn1. The molecule has 0 radical (unpaired) electrons. The number of aliphatic hydroxyl groups is 1. The molecule has 0 bridgehead atoms. The van der Waals surface area contributed by atoms with Crippen LogP contribution in [0.1, 0.15) is 54.7 Å². The van der Waals surface area contributed by atoms with Gasteiger partial charge in [-0.15, -0.1) is 0 Å². The second-order valence-electron chi connectivity index (χ2n) is 7.02. The van der Waals surface area contributed by atoms with Crippen molar-refractivity contribution in [1.82, 2.24) is 15.2 Å². The van der Waals surface area contributed by atoms with Crippen molar-refractivity contribution in [2.75, 3.05) is 26.2 Å². The number of carbonyl (C=O) groups excluding carboxylic acids is 1. The molecule has 3 rings (SSSR count). The number of rotatable bonds is 5. The van der Waals surface area contributed by atoms with Crippen LogP contribution in [0, 0.1) is 13.8 Å². The van der Waals surface area contributed by atoms with Gasteiger partial charge in [0.15, 0.2) is 0 Å². The molecule has 1 aliphatic rings. The van der Waals surface area contributed by atoms with E-state index in [2.05, 4.69) is 15.2 Å². The first-order valence-electron chi connectivity index (χ1n) is 10.7. The van der Waals surface area contributed by atoms with Crippen LogP contribution in [0.2, 0.25) is 0 Å². The predicted octanol–water partition coefficient (Wildman–Crippen LogP) is 3.99. The second kappa shape index (κ2) is 14.7. The fraction of sp³-hybridized carbons (Fsp3) is 0.500. The average Bonchev–Trinajstić information content (AvgIpc) is 2.75. The van der Waals surface area contributed by atoms with Gasteiger partial charge in [0.25, 0.3) is 5.91 Å². The molecule has 2 heterocycles. The largest absolute Gasteiger partial charge is 0.393 e. The molecule has 29 heavy (non-hydrogen) atoms. The smallest absolute Gasteiger partial charge is 0.251 e. The van der Waals surface area contributed by atoms with Gasteiger partial charge in [0.05, 0.1) is 6.10 Å². The van der Waals surface area contributed by atoms with Gasteiger partial charge in [0.2, 0.25) is 0 Å². The summed E-state index contributed by atoms with van der Waals surface area (Å²) in [6.45, 7) is 11.6. The van der Waals surface area contributed by atoms with E-state index >= 15 is 0 Å². The van der Waals surface area contributed by atoms with E-state index in [0.717, 1.165) is 55.7 Å². The number of aromatic nitrogens is 1. The Kier molecular flexibility index (Phi) is 12.6. The number of aryl methyl sites for hydroxylation is 2. The average molecular weight is 400 g/mol. The van der Waals surface area contributed by atoms with Gasteiger partial charge in [-0.25, -0.2) is 0 Å². The van der Waals surface area contributed by atoms with Crippen molar-refractivity contribution in [1.29, 1.82) is 0 Å². The van der Waals surface area contributed by atoms with Crippen LogP contribution in [0.4, 0.5) is 0 Å². The monoisotopic (exact) mass is 399 g/mol. The van der Waals surface area contributed by atoms with E-state index in [1.807, 2.05) is 70.2 Å². The summed E-state index contributed by atoms with van der Waals surface area (Å²) < 4.78 is 0. The molecule has 2 N–H and O–H groups in total. The summed E-state index contributed by atoms with van der Waals surface area (Å²) in [5.41, 5.74) is 2.90. The van der Waals surface area contributed by atoms with Gasteiger partial charge in [-0.2, -0.15) is 0 Å². The van der Waals surface area contributed by atoms with Crippen LogP contribution in [-0.4, -0.2) is 53.2 Å². The number of pyridine rings is 1. The first-order chi connectivity index (χ1) is 14.0. The van der Waals surface area contributed by atoms with E-state index in [-0.39, 0.29) is 12.0 Å². The lowest BCUT2D eigenvalue weighted by atomic mass is 10.1. The Hall–Kier alpha value is -2.24. The fourth-order valence-electron chi connectivity index (χ4n) is 2.98. The molecular formula is C24H37N3O2. The van der Waals surface area contributed by atoms with Gasteiger partial charge in [-0.05, 0) is 63.9 Å². The quantitative estimate of drug-likeness (QED) is 0.746. The molecule has 160 valence electrons. The van der Waals surface area contributed by atoms with Gasteiger partial charge in [0.1, 0.15) is 0 Å². The molecule has 0 unspecified atom stereocenters. The van der Waals surface area contributed by atoms with Crippen LogP contribution in [0.3, 0.4) is 0 Å². The van der Waals surface area contributed by atoms with E-state index in [4.69, 9.17) is 0 Å². The molecule has 0 spiro atoms. The van der Waals surface area contributed by atoms with Crippen molar-refractivity contribution in [3.8, 4) is 0 Å². The first-order valence-corrected chi connectivity index (χ1v) is 10.7. The van der Waals surface area contributed by atoms with Crippen molar-refractivity contribution in [2.24, 2.45) is 0 Å². The van der Waals surface area contributed by atoms with Crippen LogP contribution in [-0.2, 0) is 0 Å². The molecule has 1 fully saturated rings. The Balaban J connectivity index is 0.000000390. The number of amides is 1. The maximum absolute atomic E-state index is 11.9. The number of benzene rings is 1. The maximum Gasteiger partial charge on any atom is 0.251 e. The molecule has 1 aromatic carbocycles. The van der Waals surface area contributed by atoms with Gasteiger partial charge >= 0.3 is 0 Å². The minimum atomic E-state index is -0.118. The van der Waals surface area contributed by atoms with E-state index in [1.165, 1.54) is 0 Å². The summed E-state index contributed by atoms with van der Waals surface area (Å²) in [6, 6.07) is 13.5. The van der Waals surface area contributed by atoms with Crippen molar-refractivity contribution in [3.05, 3.63) is 65.5 Å². The first kappa shape index (κ1) is 24.8. The highest BCUT2D eigenvalue weighted by Crippen LogP contribution is 2.09. The normalized spacial score (nSPS) is 14.1. The molecular weight excluding hydrogens is 362 g/mol. The van der Waals surface area contributed by atoms with E-state index in [0.29, 0.717) is 6.54 Å². The zero-order chi connectivity index (χ0) is 21.5. The van der Waals surface area contributed by atoms with Crippen molar-refractivity contribution < 1.29 is 9.90 Å². The number of likely N-dealkylation sites (tertiary alicyclic amines) is 1. The van der Waals surface area contributed by atoms with Crippen LogP contribution >= 0.6 is 0 Å². The number of nitrogens with one attached hydrogen (secondary N) is 1. The van der Waals surface area contributed by atoms with Gasteiger partial charge in [0, 0.05) is 37.1 Å². The number of aliphatic hydroxyl groups excluding tert-OH is 1. The van der Waals surface area contributed by atoms with Gasteiger partial charge in [-0.3, -0.25) is 9.78 Å². The van der Waals surface area contributed by atoms with Crippen molar-refractivity contribution >= 4 is 5.91 Å². The number of nitrogens with zero attached hydrogens (tertiary/aromatic N) is 2. The molecule has 0 aliphatic carbocycles. The van der Waals surface area contributed by atoms with Gasteiger partial charge in [-0.1, -0.05) is 37.6 Å². The van der Waals surface area contributed by atoms with E-state index in [9.17, 15) is 9.90 Å². The third kappa shape index (κ3) is 10.8. The van der Waals surface area contributed by atoms with E-state index in [1.54, 1.807) is 6.20 Å². The molecule has 1 aliphatic heterocycles. The molecule has 1 aromatic heterocycles. The Morgan fingerprint density at radius 3 is 2.41 bits per heavy atom. The lowest BCUT2D eigenvalue weighted by molar-refractivity contribution is 0.0816. The Morgan fingerprint density at radius 1 is 1.14 bits per heavy atom. The molecule has 1 amide bonds. The van der Waals surface area contributed by atoms with Crippen molar-refractivity contribution in [3.63, 3.8) is 0 Å². The lowest BCUT2D eigenvalue weighted by Gasteiger charge is -2.29. The Morgan fingerprint density at radius 2 is 1.86 bits per heavy atom. The highest BCUT2D eigenvalue weighted by Gasteiger charge is 2.16. The molecule has 5 heteroatoms. The maximum atomic E-state index is 11.9. The standard InChI is InChI=1S/C16H24N2O2.C6H7N.C2H6/c1-13-4-2-5-14(12-13)16(20)17-8-3-9-18-10-6-15(19)7-11-18;1-6-4-2-3-5-7-6;1-2/h2,4-5,12,15,19H,3,6-11H2,1H3,(H,17,20);2-5H,1H3;1-2H3. The summed E-state index contributed by atoms with van der Waals surface area (Å²) in [5, 5.41) is 12.4. The molecule has 0 saturated carbocycles. The van der Waals surface area contributed by atoms with Crippen LogP contribution < -0.4 is 5.32 Å². The highest BCUT2D eigenvalue weighted by molar-refractivity contribution is 5.94. The molecule has 5 nitrogen and oxygen atoms in total. The number of carbonyl (C=O) groups is 1. The van der Waals surface area contributed by atoms with Crippen LogP contribution in [0.15, 0.2) is 48.7 Å². The second-order valence-corrected chi connectivity index (χ2v) is 7.02. The zero-order valence-corrected chi connectivity index (χ0v) is 18.4. The zero-order valence-electron chi connectivity index (χ0n) is 18.4. The summed E-state index contributed by atoms with van der Waals surface area (Å²) in [5.74, 6) is 0.00256. The summed E-state index contributed by atoms with van der Waals surface area (Å²) in [4.78, 5) is 18.3.